The lowest BCUT2D eigenvalue weighted by Gasteiger charge is -2.15. The van der Waals surface area contributed by atoms with E-state index >= 15 is 0 Å². The van der Waals surface area contributed by atoms with Crippen molar-refractivity contribution in [3.8, 4) is 0 Å². The van der Waals surface area contributed by atoms with Crippen LogP contribution in [0.2, 0.25) is 0 Å². The second-order valence-electron chi connectivity index (χ2n) is 5.16. The molecule has 0 aromatic heterocycles. The second-order valence-corrected chi connectivity index (χ2v) is 7.55. The molecule has 1 aliphatic heterocycles. The Morgan fingerprint density at radius 2 is 2.27 bits per heavy atom. The molecule has 2 N–H and O–H groups in total. The summed E-state index contributed by atoms with van der Waals surface area (Å²) in [6.07, 6.45) is 1.13. The van der Waals surface area contributed by atoms with Crippen LogP contribution in [-0.2, 0) is 22.6 Å². The van der Waals surface area contributed by atoms with Gasteiger partial charge >= 0.3 is 5.97 Å². The topological polar surface area (TPSA) is 75.6 Å². The van der Waals surface area contributed by atoms with E-state index in [0.717, 1.165) is 36.5 Å². The van der Waals surface area contributed by atoms with E-state index in [2.05, 4.69) is 15.6 Å². The Bertz CT molecular complexity index is 510. The number of hydrogen-bond donors (Lipinski definition) is 2. The van der Waals surface area contributed by atoms with Gasteiger partial charge in [0.25, 0.3) is 0 Å². The van der Waals surface area contributed by atoms with Crippen molar-refractivity contribution in [3.05, 3.63) is 41.8 Å². The summed E-state index contributed by atoms with van der Waals surface area (Å²) in [5, 5.41) is 10.2. The van der Waals surface area contributed by atoms with Crippen molar-refractivity contribution in [2.75, 3.05) is 19.6 Å². The van der Waals surface area contributed by atoms with Crippen LogP contribution in [0, 0.1) is 5.92 Å². The number of carboxylic acid groups (broad SMARTS) is 1. The Morgan fingerprint density at radius 1 is 1.55 bits per heavy atom. The molecule has 1 aliphatic rings. The minimum Gasteiger partial charge on any atom is -0.593 e. The van der Waals surface area contributed by atoms with Crippen molar-refractivity contribution in [1.82, 2.24) is 9.03 Å². The molecule has 22 heavy (non-hydrogen) atoms. The first kappa shape index (κ1) is 17.4. The van der Waals surface area contributed by atoms with E-state index < -0.39 is 17.3 Å². The summed E-state index contributed by atoms with van der Waals surface area (Å²) in [6, 6.07) is 7.64. The fourth-order valence-corrected chi connectivity index (χ4v) is 3.85. The standard InChI is InChI=1S/C15H20N2O3S2/c1-2-22(20)16-10-13-7-8-17(11-13)21-14-5-3-12(4-6-14)9-15(18)19/h2-6,13,16H,1,7-11H2,(H,18,19). The number of rotatable bonds is 8. The van der Waals surface area contributed by atoms with Crippen molar-refractivity contribution >= 4 is 29.3 Å². The number of carboxylic acids is 1. The van der Waals surface area contributed by atoms with Crippen LogP contribution in [-0.4, -0.2) is 39.6 Å². The van der Waals surface area contributed by atoms with Gasteiger partial charge in [-0.25, -0.2) is 4.31 Å². The van der Waals surface area contributed by atoms with E-state index in [-0.39, 0.29) is 6.42 Å². The third-order valence-corrected chi connectivity index (χ3v) is 5.25. The predicted molar refractivity (Wildman–Crippen MR) is 89.7 cm³/mol. The molecule has 7 heteroatoms. The third kappa shape index (κ3) is 5.66. The van der Waals surface area contributed by atoms with Crippen LogP contribution >= 0.6 is 11.9 Å². The fraction of sp³-hybridized carbons (Fsp3) is 0.400. The van der Waals surface area contributed by atoms with E-state index in [4.69, 9.17) is 5.11 Å². The molecule has 1 aromatic rings. The molecule has 0 aliphatic carbocycles. The number of nitrogens with zero attached hydrogens (tertiary/aromatic N) is 1. The van der Waals surface area contributed by atoms with Crippen LogP contribution in [0.15, 0.2) is 41.1 Å². The van der Waals surface area contributed by atoms with Gasteiger partial charge in [-0.15, -0.1) is 4.72 Å². The molecular formula is C15H20N2O3S2. The molecule has 2 unspecified atom stereocenters. The molecule has 0 saturated carbocycles. The van der Waals surface area contributed by atoms with Gasteiger partial charge in [-0.3, -0.25) is 4.79 Å². The highest BCUT2D eigenvalue weighted by Crippen LogP contribution is 2.29. The van der Waals surface area contributed by atoms with E-state index in [0.29, 0.717) is 5.92 Å². The smallest absolute Gasteiger partial charge is 0.307 e. The lowest BCUT2D eigenvalue weighted by molar-refractivity contribution is -0.136. The Labute approximate surface area is 138 Å². The summed E-state index contributed by atoms with van der Waals surface area (Å²) >= 11 is 0.545. The maximum absolute atomic E-state index is 11.3. The molecule has 5 nitrogen and oxygen atoms in total. The Morgan fingerprint density at radius 3 is 2.91 bits per heavy atom. The summed E-state index contributed by atoms with van der Waals surface area (Å²) in [7, 11) is 0. The van der Waals surface area contributed by atoms with Crippen molar-refractivity contribution in [1.29, 1.82) is 0 Å². The van der Waals surface area contributed by atoms with Gasteiger partial charge < -0.3 is 9.66 Å². The average molecular weight is 340 g/mol. The first-order valence-electron chi connectivity index (χ1n) is 7.07. The van der Waals surface area contributed by atoms with Gasteiger partial charge in [-0.1, -0.05) is 12.1 Å². The molecular weight excluding hydrogens is 320 g/mol. The Hall–Kier alpha value is -0.990. The first-order valence-corrected chi connectivity index (χ1v) is 9.05. The maximum atomic E-state index is 11.3. The zero-order chi connectivity index (χ0) is 15.9. The minimum atomic E-state index is -1.14. The summed E-state index contributed by atoms with van der Waals surface area (Å²) < 4.78 is 16.5. The van der Waals surface area contributed by atoms with Crippen molar-refractivity contribution in [2.24, 2.45) is 5.92 Å². The lowest BCUT2D eigenvalue weighted by atomic mass is 10.1. The monoisotopic (exact) mass is 340 g/mol. The lowest BCUT2D eigenvalue weighted by Crippen LogP contribution is -2.28. The quantitative estimate of drug-likeness (QED) is 0.557. The highest BCUT2D eigenvalue weighted by atomic mass is 32.2. The van der Waals surface area contributed by atoms with Gasteiger partial charge in [0.2, 0.25) is 0 Å². The molecule has 1 fully saturated rings. The largest absolute Gasteiger partial charge is 0.593 e. The number of hydrogen-bond acceptors (Lipinski definition) is 5. The van der Waals surface area contributed by atoms with Crippen molar-refractivity contribution in [2.45, 2.75) is 17.7 Å². The molecule has 0 spiro atoms. The highest BCUT2D eigenvalue weighted by molar-refractivity contribution is 7.97. The fourth-order valence-electron chi connectivity index (χ4n) is 2.30. The van der Waals surface area contributed by atoms with Gasteiger partial charge in [0.15, 0.2) is 0 Å². The SMILES string of the molecule is C=C[S+]([O-])NCC1CCN(Sc2ccc(CC(=O)O)cc2)C1. The summed E-state index contributed by atoms with van der Waals surface area (Å²) in [4.78, 5) is 11.8. The highest BCUT2D eigenvalue weighted by Gasteiger charge is 2.24. The van der Waals surface area contributed by atoms with Crippen LogP contribution in [0.3, 0.4) is 0 Å². The molecule has 1 aromatic carbocycles. The van der Waals surface area contributed by atoms with Crippen LogP contribution in [0.5, 0.6) is 0 Å². The number of benzene rings is 1. The summed E-state index contributed by atoms with van der Waals surface area (Å²) in [5.74, 6) is -0.324. The third-order valence-electron chi connectivity index (χ3n) is 3.43. The molecule has 2 rings (SSSR count). The molecule has 1 heterocycles. The van der Waals surface area contributed by atoms with Gasteiger partial charge in [0, 0.05) is 24.5 Å². The Balaban J connectivity index is 1.77. The van der Waals surface area contributed by atoms with Crippen LogP contribution in [0.4, 0.5) is 0 Å². The Kier molecular flexibility index (Phi) is 6.78. The number of nitrogens with one attached hydrogen (secondary N) is 1. The normalized spacial score (nSPS) is 20.0. The van der Waals surface area contributed by atoms with E-state index in [1.165, 1.54) is 5.41 Å². The molecule has 0 amide bonds. The van der Waals surface area contributed by atoms with Gasteiger partial charge in [-0.05, 0) is 48.6 Å². The molecule has 0 radical (unpaired) electrons. The van der Waals surface area contributed by atoms with Crippen molar-refractivity contribution in [3.63, 3.8) is 0 Å². The summed E-state index contributed by atoms with van der Waals surface area (Å²) in [6.45, 7) is 6.16. The van der Waals surface area contributed by atoms with Crippen molar-refractivity contribution < 1.29 is 14.5 Å². The summed E-state index contributed by atoms with van der Waals surface area (Å²) in [5.41, 5.74) is 0.812. The van der Waals surface area contributed by atoms with E-state index in [1.807, 2.05) is 24.3 Å². The van der Waals surface area contributed by atoms with Gasteiger partial charge in [-0.2, -0.15) is 0 Å². The van der Waals surface area contributed by atoms with E-state index in [1.54, 1.807) is 11.9 Å². The van der Waals surface area contributed by atoms with Crippen LogP contribution in [0.25, 0.3) is 0 Å². The minimum absolute atomic E-state index is 0.0584. The maximum Gasteiger partial charge on any atom is 0.307 e. The zero-order valence-electron chi connectivity index (χ0n) is 12.2. The zero-order valence-corrected chi connectivity index (χ0v) is 13.9. The number of carbonyl (C=O) groups is 1. The number of aliphatic carboxylic acids is 1. The van der Waals surface area contributed by atoms with Crippen LogP contribution < -0.4 is 4.72 Å². The first-order chi connectivity index (χ1) is 10.6. The van der Waals surface area contributed by atoms with Gasteiger partial charge in [0.05, 0.1) is 17.8 Å². The molecule has 0 bridgehead atoms. The van der Waals surface area contributed by atoms with Crippen LogP contribution in [0.1, 0.15) is 12.0 Å². The van der Waals surface area contributed by atoms with Gasteiger partial charge in [0.1, 0.15) is 5.41 Å². The average Bonchev–Trinajstić information content (AvgIpc) is 2.94. The second kappa shape index (κ2) is 8.59. The molecule has 2 atom stereocenters. The predicted octanol–water partition coefficient (Wildman–Crippen LogP) is 2.04. The van der Waals surface area contributed by atoms with E-state index in [9.17, 15) is 9.35 Å². The molecule has 1 saturated heterocycles. The molecule has 120 valence electrons.